The van der Waals surface area contributed by atoms with Crippen molar-refractivity contribution >= 4 is 32.2 Å². The Hall–Kier alpha value is -3.03. The highest BCUT2D eigenvalue weighted by Gasteiger charge is 2.26. The van der Waals surface area contributed by atoms with Crippen LogP contribution in [0.5, 0.6) is 5.75 Å². The minimum atomic E-state index is -4.60. The third kappa shape index (κ3) is 2.17. The van der Waals surface area contributed by atoms with Crippen LogP contribution < -0.4 is 4.18 Å². The molecule has 7 heteroatoms. The average Bonchev–Trinajstić information content (AvgIpc) is 2.87. The second kappa shape index (κ2) is 4.75. The molecule has 0 aliphatic heterocycles. The molecule has 0 radical (unpaired) electrons. The Kier molecular flexibility index (Phi) is 2.72. The largest absolute Gasteiger partial charge is 0.446 e. The van der Waals surface area contributed by atoms with Gasteiger partial charge >= 0.3 is 10.4 Å². The van der Waals surface area contributed by atoms with E-state index in [9.17, 15) is 8.42 Å². The number of hydrogen-bond donors (Lipinski definition) is 1. The molecule has 6 nitrogen and oxygen atoms in total. The molecule has 0 saturated carbocycles. The first-order valence-corrected chi connectivity index (χ1v) is 8.87. The van der Waals surface area contributed by atoms with E-state index in [2.05, 4.69) is 4.18 Å². The van der Waals surface area contributed by atoms with E-state index >= 15 is 0 Å². The summed E-state index contributed by atoms with van der Waals surface area (Å²) in [5.41, 5.74) is 4.65. The molecule has 0 bridgehead atoms. The summed E-state index contributed by atoms with van der Waals surface area (Å²) in [5, 5.41) is 1.73. The van der Waals surface area contributed by atoms with Crippen molar-refractivity contribution in [3.8, 4) is 28.3 Å². The maximum Gasteiger partial charge on any atom is 0.446 e. The number of benzene rings is 3. The summed E-state index contributed by atoms with van der Waals surface area (Å²) in [6, 6.07) is 16.4. The highest BCUT2D eigenvalue weighted by atomic mass is 32.3. The van der Waals surface area contributed by atoms with Crippen molar-refractivity contribution in [2.75, 3.05) is 0 Å². The van der Waals surface area contributed by atoms with Crippen LogP contribution in [0.3, 0.4) is 0 Å². The number of rotatable bonds is 2. The van der Waals surface area contributed by atoms with Crippen LogP contribution in [0.25, 0.3) is 44.3 Å². The van der Waals surface area contributed by atoms with Crippen LogP contribution in [0.4, 0.5) is 0 Å². The normalized spacial score (nSPS) is 12.5. The van der Waals surface area contributed by atoms with Gasteiger partial charge in [-0.1, -0.05) is 30.3 Å². The summed E-state index contributed by atoms with van der Waals surface area (Å²) in [4.78, 5) is 9.43. The molecule has 0 saturated heterocycles. The highest BCUT2D eigenvalue weighted by molar-refractivity contribution is 7.81. The topological polar surface area (TPSA) is 89.4 Å². The monoisotopic (exact) mass is 350 g/mol. The Morgan fingerprint density at radius 3 is 2.20 bits per heavy atom. The molecule has 4 aromatic rings. The van der Waals surface area contributed by atoms with Gasteiger partial charge in [0.1, 0.15) is 5.75 Å². The first-order chi connectivity index (χ1) is 12.0. The summed E-state index contributed by atoms with van der Waals surface area (Å²) < 4.78 is 35.8. The molecule has 0 fully saturated rings. The van der Waals surface area contributed by atoms with Gasteiger partial charge in [0.2, 0.25) is 0 Å². The third-order valence-corrected chi connectivity index (χ3v) is 4.64. The fourth-order valence-electron chi connectivity index (χ4n) is 3.33. The van der Waals surface area contributed by atoms with Crippen molar-refractivity contribution in [1.82, 2.24) is 9.97 Å². The van der Waals surface area contributed by atoms with Crippen LogP contribution in [-0.4, -0.2) is 22.9 Å². The standard InChI is InChI=1S/C18H10N2O4S/c21-25(22,23)24-11-8-10-4-3-5-12-16(10)13(9-11)18-17(12)19-14-6-1-2-7-15(14)20-18/h1-9H,(H,21,22,23). The zero-order valence-electron chi connectivity index (χ0n) is 12.7. The smallest absolute Gasteiger partial charge is 0.362 e. The van der Waals surface area contributed by atoms with Crippen molar-refractivity contribution < 1.29 is 17.2 Å². The molecule has 122 valence electrons. The lowest BCUT2D eigenvalue weighted by molar-refractivity contribution is 0.387. The predicted molar refractivity (Wildman–Crippen MR) is 93.7 cm³/mol. The van der Waals surface area contributed by atoms with E-state index in [0.717, 1.165) is 38.6 Å². The predicted octanol–water partition coefficient (Wildman–Crippen LogP) is 3.61. The van der Waals surface area contributed by atoms with Crippen molar-refractivity contribution in [2.24, 2.45) is 0 Å². The molecule has 1 heterocycles. The van der Waals surface area contributed by atoms with E-state index in [4.69, 9.17) is 14.5 Å². The summed E-state index contributed by atoms with van der Waals surface area (Å²) in [6.07, 6.45) is 0. The molecule has 1 aliphatic carbocycles. The van der Waals surface area contributed by atoms with Crippen molar-refractivity contribution in [3.05, 3.63) is 54.6 Å². The molecular weight excluding hydrogens is 340 g/mol. The molecule has 25 heavy (non-hydrogen) atoms. The summed E-state index contributed by atoms with van der Waals surface area (Å²) in [5.74, 6) is 0.0324. The van der Waals surface area contributed by atoms with E-state index in [0.29, 0.717) is 5.69 Å². The Morgan fingerprint density at radius 2 is 1.52 bits per heavy atom. The molecular formula is C18H10N2O4S. The van der Waals surface area contributed by atoms with Crippen LogP contribution in [0.1, 0.15) is 0 Å². The number of fused-ring (bicyclic) bond motifs is 4. The Labute approximate surface area is 142 Å². The maximum absolute atomic E-state index is 11.1. The van der Waals surface area contributed by atoms with Crippen LogP contribution in [0.2, 0.25) is 0 Å². The van der Waals surface area contributed by atoms with Gasteiger partial charge in [0, 0.05) is 16.5 Å². The second-order valence-corrected chi connectivity index (χ2v) is 6.82. The molecule has 5 rings (SSSR count). The first kappa shape index (κ1) is 14.3. The van der Waals surface area contributed by atoms with Gasteiger partial charge in [-0.25, -0.2) is 9.97 Å². The molecule has 3 aromatic carbocycles. The Morgan fingerprint density at radius 1 is 0.840 bits per heavy atom. The van der Waals surface area contributed by atoms with Gasteiger partial charge in [-0.2, -0.15) is 8.42 Å². The lowest BCUT2D eigenvalue weighted by atomic mass is 10.0. The summed E-state index contributed by atoms with van der Waals surface area (Å²) in [7, 11) is -4.60. The molecule has 1 aromatic heterocycles. The van der Waals surface area contributed by atoms with Gasteiger partial charge < -0.3 is 4.18 Å². The molecule has 0 atom stereocenters. The fourth-order valence-corrected chi connectivity index (χ4v) is 3.67. The van der Waals surface area contributed by atoms with Gasteiger partial charge in [-0.15, -0.1) is 0 Å². The minimum absolute atomic E-state index is 0.0324. The average molecular weight is 350 g/mol. The molecule has 0 amide bonds. The first-order valence-electron chi connectivity index (χ1n) is 7.51. The Balaban J connectivity index is 1.87. The van der Waals surface area contributed by atoms with Gasteiger partial charge in [-0.3, -0.25) is 4.55 Å². The SMILES string of the molecule is O=S(=O)(O)Oc1cc2c3c(cccc3c1)-c1nc3ccccc3nc1-2. The second-order valence-electron chi connectivity index (χ2n) is 5.80. The van der Waals surface area contributed by atoms with E-state index in [1.54, 1.807) is 12.1 Å². The zero-order valence-corrected chi connectivity index (χ0v) is 13.5. The number of aromatic nitrogens is 2. The zero-order chi connectivity index (χ0) is 17.2. The van der Waals surface area contributed by atoms with Crippen LogP contribution in [0, 0.1) is 0 Å². The van der Waals surface area contributed by atoms with Gasteiger partial charge in [0.25, 0.3) is 0 Å². The molecule has 1 N–H and O–H groups in total. The number of nitrogens with zero attached hydrogens (tertiary/aromatic N) is 2. The molecule has 1 aliphatic rings. The maximum atomic E-state index is 11.1. The fraction of sp³-hybridized carbons (Fsp3) is 0. The third-order valence-electron chi connectivity index (χ3n) is 4.23. The van der Waals surface area contributed by atoms with Crippen LogP contribution in [-0.2, 0) is 10.4 Å². The van der Waals surface area contributed by atoms with Gasteiger partial charge in [-0.05, 0) is 29.7 Å². The van der Waals surface area contributed by atoms with Crippen LogP contribution in [0.15, 0.2) is 54.6 Å². The Bertz CT molecular complexity index is 1300. The number of hydrogen-bond acceptors (Lipinski definition) is 5. The van der Waals surface area contributed by atoms with E-state index in [1.807, 2.05) is 42.5 Å². The van der Waals surface area contributed by atoms with Crippen molar-refractivity contribution in [3.63, 3.8) is 0 Å². The lowest BCUT2D eigenvalue weighted by Gasteiger charge is -2.06. The highest BCUT2D eigenvalue weighted by Crippen LogP contribution is 2.47. The quantitative estimate of drug-likeness (QED) is 0.489. The van der Waals surface area contributed by atoms with Gasteiger partial charge in [0.15, 0.2) is 0 Å². The molecule has 0 spiro atoms. The van der Waals surface area contributed by atoms with E-state index < -0.39 is 10.4 Å². The minimum Gasteiger partial charge on any atom is -0.362 e. The number of para-hydroxylation sites is 2. The summed E-state index contributed by atoms with van der Waals surface area (Å²) in [6.45, 7) is 0. The van der Waals surface area contributed by atoms with Gasteiger partial charge in [0.05, 0.1) is 22.4 Å². The van der Waals surface area contributed by atoms with Crippen LogP contribution >= 0.6 is 0 Å². The van der Waals surface area contributed by atoms with Crippen molar-refractivity contribution in [2.45, 2.75) is 0 Å². The lowest BCUT2D eigenvalue weighted by Crippen LogP contribution is -2.06. The molecule has 0 unspecified atom stereocenters. The van der Waals surface area contributed by atoms with Crippen molar-refractivity contribution in [1.29, 1.82) is 0 Å². The summed E-state index contributed by atoms with van der Waals surface area (Å²) >= 11 is 0. The van der Waals surface area contributed by atoms with E-state index in [-0.39, 0.29) is 5.75 Å². The van der Waals surface area contributed by atoms with E-state index in [1.165, 1.54) is 0 Å².